The summed E-state index contributed by atoms with van der Waals surface area (Å²) in [5.74, 6) is 0. The molecule has 0 bridgehead atoms. The van der Waals surface area contributed by atoms with Gasteiger partial charge in [-0.2, -0.15) is 0 Å². The average molecular weight is 311 g/mol. The van der Waals surface area contributed by atoms with Crippen molar-refractivity contribution in [3.63, 3.8) is 0 Å². The van der Waals surface area contributed by atoms with Crippen LogP contribution < -0.4 is 5.32 Å². The van der Waals surface area contributed by atoms with E-state index < -0.39 is 0 Å². The SMILES string of the molecule is Cc1sc(CNC(C)(C)C)cc1COCCN(C)C1CC1. The second-order valence-corrected chi connectivity index (χ2v) is 8.50. The van der Waals surface area contributed by atoms with Gasteiger partial charge in [-0.25, -0.2) is 0 Å². The zero-order valence-electron chi connectivity index (χ0n) is 14.2. The Kier molecular flexibility index (Phi) is 5.83. The summed E-state index contributed by atoms with van der Waals surface area (Å²) in [6.45, 7) is 12.4. The van der Waals surface area contributed by atoms with E-state index in [1.807, 2.05) is 11.3 Å². The van der Waals surface area contributed by atoms with E-state index >= 15 is 0 Å². The molecule has 0 radical (unpaired) electrons. The highest BCUT2D eigenvalue weighted by molar-refractivity contribution is 7.12. The van der Waals surface area contributed by atoms with E-state index in [9.17, 15) is 0 Å². The van der Waals surface area contributed by atoms with Crippen LogP contribution in [0.2, 0.25) is 0 Å². The molecule has 0 atom stereocenters. The van der Waals surface area contributed by atoms with Crippen LogP contribution in [0.4, 0.5) is 0 Å². The summed E-state index contributed by atoms with van der Waals surface area (Å²) in [6.07, 6.45) is 2.73. The van der Waals surface area contributed by atoms with Gasteiger partial charge in [0.05, 0.1) is 13.2 Å². The molecular weight excluding hydrogens is 280 g/mol. The quantitative estimate of drug-likeness (QED) is 0.743. The predicted molar refractivity (Wildman–Crippen MR) is 91.0 cm³/mol. The first-order valence-corrected chi connectivity index (χ1v) is 8.78. The summed E-state index contributed by atoms with van der Waals surface area (Å²) >= 11 is 1.88. The molecule has 1 saturated carbocycles. The molecule has 1 fully saturated rings. The normalized spacial score (nSPS) is 15.9. The van der Waals surface area contributed by atoms with E-state index in [2.05, 4.69) is 51.0 Å². The minimum atomic E-state index is 0.169. The zero-order valence-corrected chi connectivity index (χ0v) is 15.0. The Hall–Kier alpha value is -0.420. The molecule has 1 heterocycles. The molecule has 4 heteroatoms. The van der Waals surface area contributed by atoms with Crippen molar-refractivity contribution in [2.24, 2.45) is 0 Å². The van der Waals surface area contributed by atoms with Crippen molar-refractivity contribution in [2.75, 3.05) is 20.2 Å². The molecule has 120 valence electrons. The molecule has 0 aromatic carbocycles. The summed E-state index contributed by atoms with van der Waals surface area (Å²) < 4.78 is 5.85. The van der Waals surface area contributed by atoms with Gasteiger partial charge in [0.15, 0.2) is 0 Å². The summed E-state index contributed by atoms with van der Waals surface area (Å²) in [6, 6.07) is 3.12. The second kappa shape index (κ2) is 7.23. The van der Waals surface area contributed by atoms with E-state index in [1.165, 1.54) is 28.2 Å². The fraction of sp³-hybridized carbons (Fsp3) is 0.765. The second-order valence-electron chi connectivity index (χ2n) is 7.16. The minimum absolute atomic E-state index is 0.169. The number of nitrogens with one attached hydrogen (secondary N) is 1. The Morgan fingerprint density at radius 3 is 2.71 bits per heavy atom. The number of thiophene rings is 1. The molecule has 0 aliphatic heterocycles. The maximum atomic E-state index is 5.85. The number of hydrogen-bond donors (Lipinski definition) is 1. The maximum absolute atomic E-state index is 5.85. The smallest absolute Gasteiger partial charge is 0.0728 e. The van der Waals surface area contributed by atoms with Gasteiger partial charge in [-0.3, -0.25) is 0 Å². The highest BCUT2D eigenvalue weighted by atomic mass is 32.1. The first-order valence-electron chi connectivity index (χ1n) is 7.96. The maximum Gasteiger partial charge on any atom is 0.0728 e. The van der Waals surface area contributed by atoms with Crippen molar-refractivity contribution in [1.29, 1.82) is 0 Å². The lowest BCUT2D eigenvalue weighted by Gasteiger charge is -2.19. The third-order valence-electron chi connectivity index (χ3n) is 3.88. The van der Waals surface area contributed by atoms with Crippen LogP contribution in [-0.2, 0) is 17.9 Å². The molecule has 0 amide bonds. The number of nitrogens with zero attached hydrogens (tertiary/aromatic N) is 1. The van der Waals surface area contributed by atoms with E-state index in [0.29, 0.717) is 0 Å². The molecule has 2 rings (SSSR count). The Labute approximate surface area is 133 Å². The van der Waals surface area contributed by atoms with Gasteiger partial charge in [0.25, 0.3) is 0 Å². The van der Waals surface area contributed by atoms with Gasteiger partial charge in [-0.05, 0) is 59.2 Å². The lowest BCUT2D eigenvalue weighted by atomic mass is 10.1. The molecule has 0 saturated heterocycles. The van der Waals surface area contributed by atoms with Crippen LogP contribution in [-0.4, -0.2) is 36.7 Å². The van der Waals surface area contributed by atoms with Crippen LogP contribution in [0, 0.1) is 6.92 Å². The fourth-order valence-electron chi connectivity index (χ4n) is 2.26. The summed E-state index contributed by atoms with van der Waals surface area (Å²) in [5, 5.41) is 3.54. The van der Waals surface area contributed by atoms with Crippen LogP contribution >= 0.6 is 11.3 Å². The van der Waals surface area contributed by atoms with Gasteiger partial charge in [-0.1, -0.05) is 0 Å². The number of ether oxygens (including phenoxy) is 1. The number of aryl methyl sites for hydroxylation is 1. The van der Waals surface area contributed by atoms with Gasteiger partial charge >= 0.3 is 0 Å². The van der Waals surface area contributed by atoms with Crippen molar-refractivity contribution in [3.8, 4) is 0 Å². The summed E-state index contributed by atoms with van der Waals surface area (Å²) in [4.78, 5) is 5.20. The minimum Gasteiger partial charge on any atom is -0.375 e. The van der Waals surface area contributed by atoms with E-state index in [0.717, 1.165) is 32.3 Å². The van der Waals surface area contributed by atoms with E-state index in [1.54, 1.807) is 0 Å². The van der Waals surface area contributed by atoms with Gasteiger partial charge in [-0.15, -0.1) is 11.3 Å². The lowest BCUT2D eigenvalue weighted by molar-refractivity contribution is 0.0978. The lowest BCUT2D eigenvalue weighted by Crippen LogP contribution is -2.34. The fourth-order valence-corrected chi connectivity index (χ4v) is 3.25. The van der Waals surface area contributed by atoms with Crippen molar-refractivity contribution in [3.05, 3.63) is 21.4 Å². The van der Waals surface area contributed by atoms with Crippen molar-refractivity contribution < 1.29 is 4.74 Å². The largest absolute Gasteiger partial charge is 0.375 e. The number of hydrogen-bond acceptors (Lipinski definition) is 4. The Balaban J connectivity index is 1.71. The Morgan fingerprint density at radius 1 is 1.38 bits per heavy atom. The predicted octanol–water partition coefficient (Wildman–Crippen LogP) is 3.56. The zero-order chi connectivity index (χ0) is 15.5. The molecule has 0 spiro atoms. The van der Waals surface area contributed by atoms with E-state index in [-0.39, 0.29) is 5.54 Å². The van der Waals surface area contributed by atoms with Crippen LogP contribution in [0.5, 0.6) is 0 Å². The van der Waals surface area contributed by atoms with Crippen molar-refractivity contribution >= 4 is 11.3 Å². The van der Waals surface area contributed by atoms with Gasteiger partial charge in [0.1, 0.15) is 0 Å². The van der Waals surface area contributed by atoms with Crippen LogP contribution in [0.15, 0.2) is 6.07 Å². The number of rotatable bonds is 8. The van der Waals surface area contributed by atoms with E-state index in [4.69, 9.17) is 4.74 Å². The highest BCUT2D eigenvalue weighted by Crippen LogP contribution is 2.25. The molecule has 3 nitrogen and oxygen atoms in total. The highest BCUT2D eigenvalue weighted by Gasteiger charge is 2.25. The topological polar surface area (TPSA) is 24.5 Å². The van der Waals surface area contributed by atoms with Gasteiger partial charge in [0, 0.05) is 34.4 Å². The van der Waals surface area contributed by atoms with Crippen LogP contribution in [0.3, 0.4) is 0 Å². The van der Waals surface area contributed by atoms with Crippen LogP contribution in [0.25, 0.3) is 0 Å². The average Bonchev–Trinajstić information content (AvgIpc) is 3.17. The Morgan fingerprint density at radius 2 is 2.10 bits per heavy atom. The molecular formula is C17H30N2OS. The first kappa shape index (κ1) is 16.9. The molecule has 1 aliphatic carbocycles. The molecule has 1 aliphatic rings. The molecule has 0 unspecified atom stereocenters. The molecule has 1 N–H and O–H groups in total. The standard InChI is InChI=1S/C17H30N2OS/c1-13-14(10-16(21-13)11-18-17(2,3)4)12-20-9-8-19(5)15-6-7-15/h10,15,18H,6-9,11-12H2,1-5H3. The third-order valence-corrected chi connectivity index (χ3v) is 4.97. The van der Waals surface area contributed by atoms with Gasteiger partial charge in [0.2, 0.25) is 0 Å². The van der Waals surface area contributed by atoms with Gasteiger partial charge < -0.3 is 15.0 Å². The van der Waals surface area contributed by atoms with Crippen molar-refractivity contribution in [1.82, 2.24) is 10.2 Å². The van der Waals surface area contributed by atoms with Crippen LogP contribution in [0.1, 0.15) is 48.9 Å². The third kappa shape index (κ3) is 6.07. The molecule has 1 aromatic rings. The molecule has 21 heavy (non-hydrogen) atoms. The Bertz CT molecular complexity index is 446. The van der Waals surface area contributed by atoms with Crippen molar-refractivity contribution in [2.45, 2.75) is 65.3 Å². The summed E-state index contributed by atoms with van der Waals surface area (Å²) in [7, 11) is 2.20. The summed E-state index contributed by atoms with van der Waals surface area (Å²) in [5.41, 5.74) is 1.52. The monoisotopic (exact) mass is 310 g/mol. The first-order chi connectivity index (χ1) is 9.85. The molecule has 1 aromatic heterocycles. The number of likely N-dealkylation sites (N-methyl/N-ethyl adjacent to an activating group) is 1.